The van der Waals surface area contributed by atoms with Gasteiger partial charge in [0, 0.05) is 46.9 Å². The lowest BCUT2D eigenvalue weighted by molar-refractivity contribution is -0.118. The number of aliphatic hydroxyl groups is 1. The highest BCUT2D eigenvalue weighted by Crippen LogP contribution is 2.55. The Morgan fingerprint density at radius 2 is 2.10 bits per heavy atom. The van der Waals surface area contributed by atoms with Gasteiger partial charge in [0.05, 0.1) is 11.8 Å². The Morgan fingerprint density at radius 1 is 1.27 bits per heavy atom. The quantitative estimate of drug-likeness (QED) is 0.576. The zero-order chi connectivity index (χ0) is 21.0. The van der Waals surface area contributed by atoms with Crippen LogP contribution in [0.1, 0.15) is 24.8 Å². The van der Waals surface area contributed by atoms with Crippen molar-refractivity contribution < 1.29 is 14.3 Å². The van der Waals surface area contributed by atoms with Crippen molar-refractivity contribution in [1.29, 1.82) is 0 Å². The largest absolute Gasteiger partial charge is 0.396 e. The number of carbonyl (C=O) groups is 1. The number of halogens is 1. The molecular weight excluding hydrogens is 383 g/mol. The molecule has 5 rings (SSSR count). The molecule has 0 bridgehead atoms. The third-order valence-electron chi connectivity index (χ3n) is 6.59. The van der Waals surface area contributed by atoms with Gasteiger partial charge < -0.3 is 16.2 Å². The van der Waals surface area contributed by atoms with E-state index >= 15 is 0 Å². The molecular formula is C23H23FN4O2. The minimum Gasteiger partial charge on any atom is -0.396 e. The summed E-state index contributed by atoms with van der Waals surface area (Å²) in [5, 5.41) is 14.2. The number of anilines is 2. The van der Waals surface area contributed by atoms with E-state index in [0.29, 0.717) is 27.7 Å². The van der Waals surface area contributed by atoms with Gasteiger partial charge in [-0.15, -0.1) is 0 Å². The van der Waals surface area contributed by atoms with E-state index in [0.717, 1.165) is 24.8 Å². The number of rotatable bonds is 3. The molecule has 2 fully saturated rings. The molecule has 1 aromatic carbocycles. The Labute approximate surface area is 173 Å². The molecule has 0 aliphatic heterocycles. The van der Waals surface area contributed by atoms with Crippen LogP contribution in [0, 0.1) is 30.5 Å². The van der Waals surface area contributed by atoms with Crippen LogP contribution in [-0.2, 0) is 4.79 Å². The molecule has 0 spiro atoms. The summed E-state index contributed by atoms with van der Waals surface area (Å²) in [5.41, 5.74) is 8.00. The minimum atomic E-state index is -0.506. The standard InChI is InChI=1S/C23H23FN4O2/c1-11-5-6-26-9-15(11)14-7-12-8-18(27-10-16(12)22(25)21(14)24)28-23(30)20-13-3-2-4-17(29)19(13)20/h5-10,13,17,19-20,29H,2-4,25H2,1H3,(H,27,28,30)/t13-,17?,19?,20+/m1/s1. The van der Waals surface area contributed by atoms with Crippen LogP contribution in [0.15, 0.2) is 36.8 Å². The van der Waals surface area contributed by atoms with E-state index in [-0.39, 0.29) is 29.3 Å². The van der Waals surface area contributed by atoms with Gasteiger partial charge in [0.1, 0.15) is 5.82 Å². The smallest absolute Gasteiger partial charge is 0.229 e. The maximum absolute atomic E-state index is 15.0. The molecule has 6 nitrogen and oxygen atoms in total. The van der Waals surface area contributed by atoms with Crippen molar-refractivity contribution in [2.24, 2.45) is 17.8 Å². The molecule has 3 aromatic rings. The van der Waals surface area contributed by atoms with Gasteiger partial charge in [-0.3, -0.25) is 9.78 Å². The predicted octanol–water partition coefficient (Wildman–Crippen LogP) is 3.67. The number of aliphatic hydroxyl groups excluding tert-OH is 1. The molecule has 2 saturated carbocycles. The van der Waals surface area contributed by atoms with E-state index in [4.69, 9.17) is 5.73 Å². The van der Waals surface area contributed by atoms with Gasteiger partial charge in [-0.05, 0) is 54.8 Å². The molecule has 0 saturated heterocycles. The van der Waals surface area contributed by atoms with Crippen molar-refractivity contribution >= 4 is 28.2 Å². The number of amides is 1. The third-order valence-corrected chi connectivity index (χ3v) is 6.59. The topological polar surface area (TPSA) is 101 Å². The van der Waals surface area contributed by atoms with E-state index < -0.39 is 11.9 Å². The van der Waals surface area contributed by atoms with Crippen LogP contribution in [0.5, 0.6) is 0 Å². The summed E-state index contributed by atoms with van der Waals surface area (Å²) < 4.78 is 15.0. The summed E-state index contributed by atoms with van der Waals surface area (Å²) in [6.45, 7) is 1.89. The van der Waals surface area contributed by atoms with Crippen LogP contribution in [0.4, 0.5) is 15.9 Å². The van der Waals surface area contributed by atoms with Crippen LogP contribution in [0.3, 0.4) is 0 Å². The lowest BCUT2D eigenvalue weighted by atomic mass is 9.98. The number of fused-ring (bicyclic) bond motifs is 2. The van der Waals surface area contributed by atoms with Crippen LogP contribution in [0.2, 0.25) is 0 Å². The molecule has 0 radical (unpaired) electrons. The number of hydrogen-bond acceptors (Lipinski definition) is 5. The van der Waals surface area contributed by atoms with Gasteiger partial charge in [-0.25, -0.2) is 9.37 Å². The first-order valence-corrected chi connectivity index (χ1v) is 10.2. The Balaban J connectivity index is 1.47. The maximum atomic E-state index is 15.0. The minimum absolute atomic E-state index is 0.0208. The van der Waals surface area contributed by atoms with Crippen LogP contribution in [-0.4, -0.2) is 27.1 Å². The molecule has 4 atom stereocenters. The average molecular weight is 406 g/mol. The van der Waals surface area contributed by atoms with Crippen LogP contribution < -0.4 is 11.1 Å². The average Bonchev–Trinajstić information content (AvgIpc) is 3.47. The molecule has 2 aliphatic carbocycles. The molecule has 4 N–H and O–H groups in total. The van der Waals surface area contributed by atoms with Crippen molar-refractivity contribution in [1.82, 2.24) is 9.97 Å². The number of nitrogens with zero attached hydrogens (tertiary/aromatic N) is 2. The molecule has 30 heavy (non-hydrogen) atoms. The highest BCUT2D eigenvalue weighted by atomic mass is 19.1. The Kier molecular flexibility index (Phi) is 4.43. The number of nitrogens with one attached hydrogen (secondary N) is 1. The first-order valence-electron chi connectivity index (χ1n) is 10.2. The number of benzene rings is 1. The zero-order valence-corrected chi connectivity index (χ0v) is 16.6. The van der Waals surface area contributed by atoms with Crippen LogP contribution >= 0.6 is 0 Å². The molecule has 2 aliphatic rings. The molecule has 2 unspecified atom stereocenters. The van der Waals surface area contributed by atoms with Gasteiger partial charge in [0.25, 0.3) is 0 Å². The SMILES string of the molecule is Cc1ccncc1-c1cc2cc(NC(=O)[C@@H]3C4C(O)CCC[C@H]43)ncc2c(N)c1F. The van der Waals surface area contributed by atoms with Crippen molar-refractivity contribution in [2.75, 3.05) is 11.1 Å². The third kappa shape index (κ3) is 3.01. The Morgan fingerprint density at radius 3 is 2.87 bits per heavy atom. The van der Waals surface area contributed by atoms with E-state index in [1.807, 2.05) is 13.0 Å². The van der Waals surface area contributed by atoms with Gasteiger partial charge in [-0.1, -0.05) is 6.42 Å². The second-order valence-electron chi connectivity index (χ2n) is 8.39. The van der Waals surface area contributed by atoms with E-state index in [2.05, 4.69) is 15.3 Å². The number of aromatic nitrogens is 2. The second kappa shape index (κ2) is 7.02. The van der Waals surface area contributed by atoms with E-state index in [1.165, 1.54) is 6.20 Å². The number of hydrogen-bond donors (Lipinski definition) is 3. The van der Waals surface area contributed by atoms with Gasteiger partial charge in [-0.2, -0.15) is 0 Å². The van der Waals surface area contributed by atoms with Gasteiger partial charge in [0.15, 0.2) is 5.82 Å². The lowest BCUT2D eigenvalue weighted by Gasteiger charge is -2.14. The molecule has 1 amide bonds. The monoisotopic (exact) mass is 406 g/mol. The molecule has 2 heterocycles. The predicted molar refractivity (Wildman–Crippen MR) is 113 cm³/mol. The Bertz CT molecular complexity index is 1170. The summed E-state index contributed by atoms with van der Waals surface area (Å²) in [6.07, 6.45) is 7.07. The number of nitrogen functional groups attached to an aromatic ring is 1. The lowest BCUT2D eigenvalue weighted by Crippen LogP contribution is -2.19. The summed E-state index contributed by atoms with van der Waals surface area (Å²) in [7, 11) is 0. The first kappa shape index (κ1) is 18.9. The second-order valence-corrected chi connectivity index (χ2v) is 8.39. The number of pyridine rings is 2. The maximum Gasteiger partial charge on any atom is 0.229 e. The van der Waals surface area contributed by atoms with Crippen molar-refractivity contribution in [3.63, 3.8) is 0 Å². The normalized spacial score (nSPS) is 25.0. The summed E-state index contributed by atoms with van der Waals surface area (Å²) in [5.74, 6) is -0.0648. The Hall–Kier alpha value is -3.06. The number of carbonyl (C=O) groups excluding carboxylic acids is 1. The number of aryl methyl sites for hydroxylation is 1. The fourth-order valence-corrected chi connectivity index (χ4v) is 4.94. The fourth-order valence-electron chi connectivity index (χ4n) is 4.94. The molecule has 154 valence electrons. The zero-order valence-electron chi connectivity index (χ0n) is 16.6. The first-order chi connectivity index (χ1) is 14.5. The van der Waals surface area contributed by atoms with Crippen molar-refractivity contribution in [3.05, 3.63) is 48.2 Å². The van der Waals surface area contributed by atoms with Crippen LogP contribution in [0.25, 0.3) is 21.9 Å². The highest BCUT2D eigenvalue weighted by Gasteiger charge is 2.58. The summed E-state index contributed by atoms with van der Waals surface area (Å²) in [4.78, 5) is 21.1. The van der Waals surface area contributed by atoms with Crippen molar-refractivity contribution in [2.45, 2.75) is 32.3 Å². The summed E-state index contributed by atoms with van der Waals surface area (Å²) in [6, 6.07) is 5.24. The fraction of sp³-hybridized carbons (Fsp3) is 0.348. The number of nitrogens with two attached hydrogens (primary N) is 1. The summed E-state index contributed by atoms with van der Waals surface area (Å²) >= 11 is 0. The van der Waals surface area contributed by atoms with E-state index in [9.17, 15) is 14.3 Å². The molecule has 7 heteroatoms. The molecule has 2 aromatic heterocycles. The van der Waals surface area contributed by atoms with E-state index in [1.54, 1.807) is 24.5 Å². The van der Waals surface area contributed by atoms with Gasteiger partial charge in [0.2, 0.25) is 5.91 Å². The van der Waals surface area contributed by atoms with Crippen molar-refractivity contribution in [3.8, 4) is 11.1 Å². The van der Waals surface area contributed by atoms with Gasteiger partial charge >= 0.3 is 0 Å². The highest BCUT2D eigenvalue weighted by molar-refractivity contribution is 6.00.